The highest BCUT2D eigenvalue weighted by Gasteiger charge is 2.26. The maximum absolute atomic E-state index is 10.6. The van der Waals surface area contributed by atoms with E-state index in [0.29, 0.717) is 24.3 Å². The van der Waals surface area contributed by atoms with Gasteiger partial charge in [0, 0.05) is 24.3 Å². The van der Waals surface area contributed by atoms with Crippen molar-refractivity contribution in [1.29, 1.82) is 0 Å². The Morgan fingerprint density at radius 2 is 1.82 bits per heavy atom. The van der Waals surface area contributed by atoms with Gasteiger partial charge in [0.05, 0.1) is 0 Å². The number of Topliss-reactive ketones (excluding diaryl/α,β-unsaturated/α-hetero) is 1. The zero-order chi connectivity index (χ0) is 8.48. The van der Waals surface area contributed by atoms with Crippen LogP contribution in [0.15, 0.2) is 0 Å². The Balaban J connectivity index is 2.42. The van der Waals surface area contributed by atoms with Gasteiger partial charge in [0.15, 0.2) is 0 Å². The summed E-state index contributed by atoms with van der Waals surface area (Å²) in [7, 11) is -2.36. The molecule has 2 N–H and O–H groups in total. The van der Waals surface area contributed by atoms with Crippen molar-refractivity contribution in [3.63, 3.8) is 0 Å². The third kappa shape index (κ3) is 2.47. The van der Waals surface area contributed by atoms with E-state index >= 15 is 0 Å². The van der Waals surface area contributed by atoms with Crippen LogP contribution in [0.5, 0.6) is 0 Å². The van der Waals surface area contributed by atoms with E-state index in [4.69, 9.17) is 16.0 Å². The van der Waals surface area contributed by atoms with Crippen LogP contribution in [0.3, 0.4) is 0 Å². The number of carbonyl (C=O) groups excluding carboxylic acids is 1. The normalized spacial score (nSPS) is 27.9. The van der Waals surface area contributed by atoms with E-state index in [2.05, 4.69) is 0 Å². The summed E-state index contributed by atoms with van der Waals surface area (Å²) < 4.78 is 18.3. The molecule has 0 unspecified atom stereocenters. The van der Waals surface area contributed by atoms with E-state index in [1.165, 1.54) is 0 Å². The molecule has 1 rings (SSSR count). The lowest BCUT2D eigenvalue weighted by atomic mass is 9.99. The summed E-state index contributed by atoms with van der Waals surface area (Å²) in [5.74, 6) is 0.205. The molecule has 2 radical (unpaired) electrons. The quantitative estimate of drug-likeness (QED) is 0.635. The molecule has 4 heteroatoms. The average Bonchev–Trinajstić information content (AvgIpc) is 1.86. The molecule has 1 heterocycles. The van der Waals surface area contributed by atoms with Gasteiger partial charge in [0.1, 0.15) is 5.78 Å². The number of rotatable bonds is 1. The van der Waals surface area contributed by atoms with E-state index in [0.717, 1.165) is 0 Å². The van der Waals surface area contributed by atoms with Crippen molar-refractivity contribution in [3.05, 3.63) is 6.92 Å². The van der Waals surface area contributed by atoms with Crippen molar-refractivity contribution in [2.24, 2.45) is 5.92 Å². The van der Waals surface area contributed by atoms with Crippen molar-refractivity contribution in [3.8, 4) is 0 Å². The Morgan fingerprint density at radius 3 is 2.18 bits per heavy atom. The van der Waals surface area contributed by atoms with Crippen molar-refractivity contribution in [2.75, 3.05) is 11.5 Å². The summed E-state index contributed by atoms with van der Waals surface area (Å²) >= 11 is 0. The van der Waals surface area contributed by atoms with E-state index in [-0.39, 0.29) is 11.7 Å². The van der Waals surface area contributed by atoms with Crippen LogP contribution in [0.2, 0.25) is 0 Å². The van der Waals surface area contributed by atoms with Crippen LogP contribution >= 0.6 is 10.6 Å². The highest BCUT2D eigenvalue weighted by atomic mass is 32.3. The molecule has 0 aromatic rings. The fraction of sp³-hybridized carbons (Fsp3) is 0.714. The molecule has 11 heavy (non-hydrogen) atoms. The third-order valence-corrected chi connectivity index (χ3v) is 3.77. The Labute approximate surface area is 68.2 Å². The molecule has 3 nitrogen and oxygen atoms in total. The van der Waals surface area contributed by atoms with Crippen LogP contribution in [0.4, 0.5) is 0 Å². The largest absolute Gasteiger partial charge is 0.299 e. The first-order valence-corrected chi connectivity index (χ1v) is 5.43. The van der Waals surface area contributed by atoms with Gasteiger partial charge in [-0.05, 0) is 12.8 Å². The van der Waals surface area contributed by atoms with E-state index in [1.807, 2.05) is 0 Å². The fourth-order valence-corrected chi connectivity index (χ4v) is 2.72. The van der Waals surface area contributed by atoms with Crippen LogP contribution in [-0.2, 0) is 4.79 Å². The minimum Gasteiger partial charge on any atom is -0.299 e. The smallest absolute Gasteiger partial charge is 0.140 e. The fourth-order valence-electron chi connectivity index (χ4n) is 1.19. The van der Waals surface area contributed by atoms with Gasteiger partial charge in [-0.1, -0.05) is 0 Å². The summed E-state index contributed by atoms with van der Waals surface area (Å²) in [5, 5.41) is 0. The molecule has 64 valence electrons. The lowest BCUT2D eigenvalue weighted by Gasteiger charge is -2.38. The molecule has 0 saturated carbocycles. The predicted molar refractivity (Wildman–Crippen MR) is 44.6 cm³/mol. The molecular formula is C7H12O3S. The maximum atomic E-state index is 10.6. The van der Waals surface area contributed by atoms with Crippen LogP contribution in [0.1, 0.15) is 12.8 Å². The zero-order valence-corrected chi connectivity index (χ0v) is 7.01. The topological polar surface area (TPSA) is 57.5 Å². The number of hydrogen-bond acceptors (Lipinski definition) is 3. The second kappa shape index (κ2) is 3.13. The van der Waals surface area contributed by atoms with Gasteiger partial charge in [-0.3, -0.25) is 13.9 Å². The third-order valence-electron chi connectivity index (χ3n) is 1.99. The van der Waals surface area contributed by atoms with Crippen molar-refractivity contribution in [2.45, 2.75) is 12.8 Å². The van der Waals surface area contributed by atoms with Gasteiger partial charge in [0.25, 0.3) is 0 Å². The minimum atomic E-state index is -2.36. The monoisotopic (exact) mass is 176 g/mol. The molecule has 0 bridgehead atoms. The Bertz CT molecular complexity index is 157. The van der Waals surface area contributed by atoms with Gasteiger partial charge >= 0.3 is 0 Å². The summed E-state index contributed by atoms with van der Waals surface area (Å²) in [4.78, 5) is 10.6. The first kappa shape index (κ1) is 9.03. The SMILES string of the molecule is [CH]C(=O)C1CCS(O)(O)CC1. The van der Waals surface area contributed by atoms with E-state index < -0.39 is 10.6 Å². The van der Waals surface area contributed by atoms with Crippen LogP contribution < -0.4 is 0 Å². The highest BCUT2D eigenvalue weighted by Crippen LogP contribution is 2.45. The Hall–Kier alpha value is -0.0600. The van der Waals surface area contributed by atoms with E-state index in [1.54, 1.807) is 0 Å². The number of ketones is 1. The second-order valence-electron chi connectivity index (χ2n) is 2.89. The standard InChI is InChI=1S/C7H12O3S/c1-6(8)7-2-4-11(9,10)5-3-7/h1,7,9-10H,2-5H2. The summed E-state index contributed by atoms with van der Waals surface area (Å²) in [6.07, 6.45) is 1.05. The zero-order valence-electron chi connectivity index (χ0n) is 6.19. The first-order valence-electron chi connectivity index (χ1n) is 3.54. The molecule has 0 aromatic heterocycles. The maximum Gasteiger partial charge on any atom is 0.140 e. The highest BCUT2D eigenvalue weighted by molar-refractivity contribution is 8.24. The van der Waals surface area contributed by atoms with Gasteiger partial charge in [-0.15, -0.1) is 0 Å². The van der Waals surface area contributed by atoms with Crippen molar-refractivity contribution in [1.82, 2.24) is 0 Å². The summed E-state index contributed by atoms with van der Waals surface area (Å²) in [6, 6.07) is 0. The molecule has 0 spiro atoms. The van der Waals surface area contributed by atoms with Gasteiger partial charge in [-0.2, -0.15) is 10.6 Å². The molecular weight excluding hydrogens is 164 g/mol. The van der Waals surface area contributed by atoms with E-state index in [9.17, 15) is 4.79 Å². The predicted octanol–water partition coefficient (Wildman–Crippen LogP) is 1.43. The van der Waals surface area contributed by atoms with Crippen molar-refractivity contribution < 1.29 is 13.9 Å². The number of carbonyl (C=O) groups is 1. The van der Waals surface area contributed by atoms with Gasteiger partial charge in [-0.25, -0.2) is 0 Å². The Kier molecular flexibility index (Phi) is 2.57. The lowest BCUT2D eigenvalue weighted by molar-refractivity contribution is -0.118. The van der Waals surface area contributed by atoms with Gasteiger partial charge < -0.3 is 0 Å². The van der Waals surface area contributed by atoms with Crippen LogP contribution in [-0.4, -0.2) is 26.4 Å². The molecule has 0 aliphatic carbocycles. The molecule has 1 fully saturated rings. The van der Waals surface area contributed by atoms with Crippen LogP contribution in [0.25, 0.3) is 0 Å². The molecule has 0 amide bonds. The van der Waals surface area contributed by atoms with Gasteiger partial charge in [0.2, 0.25) is 0 Å². The Morgan fingerprint density at radius 1 is 1.36 bits per heavy atom. The average molecular weight is 176 g/mol. The molecule has 0 atom stereocenters. The summed E-state index contributed by atoms with van der Waals surface area (Å²) in [6.45, 7) is 5.06. The minimum absolute atomic E-state index is 0.144. The summed E-state index contributed by atoms with van der Waals surface area (Å²) in [5.41, 5.74) is 0. The van der Waals surface area contributed by atoms with Crippen molar-refractivity contribution >= 4 is 16.4 Å². The molecule has 1 aliphatic heterocycles. The molecule has 1 saturated heterocycles. The number of hydrogen-bond donors (Lipinski definition) is 2. The van der Waals surface area contributed by atoms with Crippen LogP contribution in [0, 0.1) is 12.8 Å². The lowest BCUT2D eigenvalue weighted by Crippen LogP contribution is -2.24. The second-order valence-corrected chi connectivity index (χ2v) is 5.31. The first-order chi connectivity index (χ1) is 5.01. The molecule has 0 aromatic carbocycles. The molecule has 1 aliphatic rings.